The van der Waals surface area contributed by atoms with Crippen LogP contribution in [0.25, 0.3) is 0 Å². The number of benzene rings is 1. The Morgan fingerprint density at radius 2 is 2.05 bits per heavy atom. The molecule has 1 aliphatic carbocycles. The van der Waals surface area contributed by atoms with Gasteiger partial charge in [-0.3, -0.25) is 0 Å². The zero-order chi connectivity index (χ0) is 14.5. The van der Waals surface area contributed by atoms with Crippen molar-refractivity contribution in [3.05, 3.63) is 23.8 Å². The zero-order valence-corrected chi connectivity index (χ0v) is 13.0. The fourth-order valence-corrected chi connectivity index (χ4v) is 2.72. The molecule has 0 saturated heterocycles. The summed E-state index contributed by atoms with van der Waals surface area (Å²) in [6, 6.07) is 7.04. The van der Waals surface area contributed by atoms with E-state index < -0.39 is 0 Å². The summed E-state index contributed by atoms with van der Waals surface area (Å²) in [7, 11) is 7.60. The van der Waals surface area contributed by atoms with Crippen molar-refractivity contribution in [1.29, 1.82) is 0 Å². The molecular formula is C16H26N2O2. The third kappa shape index (κ3) is 3.25. The van der Waals surface area contributed by atoms with Crippen LogP contribution in [0, 0.1) is 0 Å². The zero-order valence-electron chi connectivity index (χ0n) is 13.0. The predicted octanol–water partition coefficient (Wildman–Crippen LogP) is 2.45. The summed E-state index contributed by atoms with van der Waals surface area (Å²) in [5, 5.41) is 3.40. The third-order valence-electron chi connectivity index (χ3n) is 4.33. The molecule has 112 valence electrons. The van der Waals surface area contributed by atoms with Crippen LogP contribution in [0.15, 0.2) is 18.2 Å². The van der Waals surface area contributed by atoms with Crippen molar-refractivity contribution in [2.24, 2.45) is 0 Å². The van der Waals surface area contributed by atoms with Crippen LogP contribution in [0.2, 0.25) is 0 Å². The lowest BCUT2D eigenvalue weighted by molar-refractivity contribution is 0.146. The average molecular weight is 278 g/mol. The van der Waals surface area contributed by atoms with Gasteiger partial charge in [-0.15, -0.1) is 0 Å². The molecule has 0 radical (unpaired) electrons. The van der Waals surface area contributed by atoms with Crippen molar-refractivity contribution in [3.63, 3.8) is 0 Å². The highest BCUT2D eigenvalue weighted by Gasteiger charge is 2.25. The van der Waals surface area contributed by atoms with E-state index in [1.165, 1.54) is 24.8 Å². The van der Waals surface area contributed by atoms with E-state index in [0.717, 1.165) is 24.1 Å². The molecule has 1 aliphatic rings. The second-order valence-electron chi connectivity index (χ2n) is 5.47. The fourth-order valence-electron chi connectivity index (χ4n) is 2.72. The first-order valence-electron chi connectivity index (χ1n) is 7.29. The Balaban J connectivity index is 2.13. The Bertz CT molecular complexity index is 432. The lowest BCUT2D eigenvalue weighted by Gasteiger charge is -2.37. The molecule has 4 heteroatoms. The van der Waals surface area contributed by atoms with Crippen molar-refractivity contribution in [3.8, 4) is 11.5 Å². The molecule has 1 atom stereocenters. The van der Waals surface area contributed by atoms with E-state index in [1.54, 1.807) is 14.2 Å². The highest BCUT2D eigenvalue weighted by atomic mass is 16.5. The van der Waals surface area contributed by atoms with E-state index in [2.05, 4.69) is 23.3 Å². The summed E-state index contributed by atoms with van der Waals surface area (Å²) in [6.45, 7) is 0.990. The highest BCUT2D eigenvalue weighted by molar-refractivity contribution is 5.42. The summed E-state index contributed by atoms with van der Waals surface area (Å²) in [5.41, 5.74) is 1.18. The summed E-state index contributed by atoms with van der Waals surface area (Å²) in [5.74, 6) is 1.71. The first-order valence-corrected chi connectivity index (χ1v) is 7.29. The van der Waals surface area contributed by atoms with Gasteiger partial charge in [0.2, 0.25) is 0 Å². The molecule has 0 heterocycles. The van der Waals surface area contributed by atoms with Gasteiger partial charge in [-0.05, 0) is 33.0 Å². The van der Waals surface area contributed by atoms with Gasteiger partial charge in [0.25, 0.3) is 0 Å². The molecule has 1 unspecified atom stereocenters. The minimum absolute atomic E-state index is 0.265. The molecule has 0 aliphatic heterocycles. The number of hydrogen-bond donors (Lipinski definition) is 1. The van der Waals surface area contributed by atoms with E-state index in [-0.39, 0.29) is 6.04 Å². The minimum Gasteiger partial charge on any atom is -0.497 e. The average Bonchev–Trinajstić information content (AvgIpc) is 2.42. The van der Waals surface area contributed by atoms with Gasteiger partial charge < -0.3 is 19.7 Å². The van der Waals surface area contributed by atoms with Crippen LogP contribution in [-0.4, -0.2) is 45.8 Å². The summed E-state index contributed by atoms with van der Waals surface area (Å²) in [6.07, 6.45) is 4.02. The van der Waals surface area contributed by atoms with Gasteiger partial charge in [0.1, 0.15) is 11.5 Å². The number of methoxy groups -OCH3 is 2. The summed E-state index contributed by atoms with van der Waals surface area (Å²) < 4.78 is 10.8. The normalized spacial score (nSPS) is 16.9. The molecule has 1 N–H and O–H groups in total. The van der Waals surface area contributed by atoms with Gasteiger partial charge in [-0.2, -0.15) is 0 Å². The predicted molar refractivity (Wildman–Crippen MR) is 81.6 cm³/mol. The van der Waals surface area contributed by atoms with Crippen molar-refractivity contribution in [2.75, 3.05) is 34.9 Å². The maximum atomic E-state index is 5.51. The van der Waals surface area contributed by atoms with Crippen LogP contribution in [0.4, 0.5) is 0 Å². The van der Waals surface area contributed by atoms with Crippen LogP contribution >= 0.6 is 0 Å². The van der Waals surface area contributed by atoms with Crippen molar-refractivity contribution in [1.82, 2.24) is 10.2 Å². The Labute approximate surface area is 122 Å². The number of rotatable bonds is 7. The first kappa shape index (κ1) is 15.1. The number of likely N-dealkylation sites (N-methyl/N-ethyl adjacent to an activating group) is 2. The molecule has 1 saturated carbocycles. The highest BCUT2D eigenvalue weighted by Crippen LogP contribution is 2.31. The second kappa shape index (κ2) is 6.95. The number of nitrogens with one attached hydrogen (secondary N) is 1. The van der Waals surface area contributed by atoms with Crippen molar-refractivity contribution >= 4 is 0 Å². The Hall–Kier alpha value is -1.26. The molecule has 0 spiro atoms. The molecular weight excluding hydrogens is 252 g/mol. The Morgan fingerprint density at radius 3 is 2.55 bits per heavy atom. The fraction of sp³-hybridized carbons (Fsp3) is 0.625. The van der Waals surface area contributed by atoms with E-state index >= 15 is 0 Å². The van der Waals surface area contributed by atoms with Gasteiger partial charge in [0.05, 0.1) is 14.2 Å². The van der Waals surface area contributed by atoms with Gasteiger partial charge in [0.15, 0.2) is 0 Å². The quantitative estimate of drug-likeness (QED) is 0.830. The second-order valence-corrected chi connectivity index (χ2v) is 5.47. The third-order valence-corrected chi connectivity index (χ3v) is 4.33. The van der Waals surface area contributed by atoms with E-state index in [9.17, 15) is 0 Å². The maximum absolute atomic E-state index is 5.51. The van der Waals surface area contributed by atoms with Crippen molar-refractivity contribution < 1.29 is 9.47 Å². The molecule has 0 aromatic heterocycles. The van der Waals surface area contributed by atoms with Crippen LogP contribution in [0.5, 0.6) is 11.5 Å². The van der Waals surface area contributed by atoms with Crippen LogP contribution in [0.1, 0.15) is 30.9 Å². The summed E-state index contributed by atoms with van der Waals surface area (Å²) in [4.78, 5) is 2.45. The summed E-state index contributed by atoms with van der Waals surface area (Å²) >= 11 is 0. The molecule has 0 bridgehead atoms. The molecule has 2 rings (SSSR count). The topological polar surface area (TPSA) is 33.7 Å². The van der Waals surface area contributed by atoms with Crippen molar-refractivity contribution in [2.45, 2.75) is 31.3 Å². The minimum atomic E-state index is 0.265. The molecule has 1 aromatic rings. The standard InChI is InChI=1S/C16H26N2O2/c1-17-15(11-18(2)12-6-5-7-12)14-9-8-13(19-3)10-16(14)20-4/h8-10,12,15,17H,5-7,11H2,1-4H3. The molecule has 4 nitrogen and oxygen atoms in total. The number of hydrogen-bond acceptors (Lipinski definition) is 4. The van der Waals surface area contributed by atoms with Crippen LogP contribution < -0.4 is 14.8 Å². The van der Waals surface area contributed by atoms with Gasteiger partial charge in [0, 0.05) is 30.3 Å². The van der Waals surface area contributed by atoms with Crippen LogP contribution in [-0.2, 0) is 0 Å². The van der Waals surface area contributed by atoms with E-state index in [4.69, 9.17) is 9.47 Å². The van der Waals surface area contributed by atoms with Crippen LogP contribution in [0.3, 0.4) is 0 Å². The van der Waals surface area contributed by atoms with Gasteiger partial charge >= 0.3 is 0 Å². The lowest BCUT2D eigenvalue weighted by Crippen LogP contribution is -2.41. The number of ether oxygens (including phenoxy) is 2. The molecule has 1 fully saturated rings. The largest absolute Gasteiger partial charge is 0.497 e. The maximum Gasteiger partial charge on any atom is 0.127 e. The molecule has 0 amide bonds. The van der Waals surface area contributed by atoms with E-state index in [1.807, 2.05) is 19.2 Å². The SMILES string of the molecule is CNC(CN(C)C1CCC1)c1ccc(OC)cc1OC. The monoisotopic (exact) mass is 278 g/mol. The Kier molecular flexibility index (Phi) is 5.26. The molecule has 1 aromatic carbocycles. The smallest absolute Gasteiger partial charge is 0.127 e. The van der Waals surface area contributed by atoms with E-state index in [0.29, 0.717) is 0 Å². The lowest BCUT2D eigenvalue weighted by atomic mass is 9.91. The molecule has 20 heavy (non-hydrogen) atoms. The van der Waals surface area contributed by atoms with Gasteiger partial charge in [-0.25, -0.2) is 0 Å². The van der Waals surface area contributed by atoms with Gasteiger partial charge in [-0.1, -0.05) is 12.5 Å². The number of nitrogens with zero attached hydrogens (tertiary/aromatic N) is 1. The Morgan fingerprint density at radius 1 is 1.30 bits per heavy atom. The first-order chi connectivity index (χ1) is 9.69.